The number of aryl methyl sites for hydroxylation is 1. The molecule has 0 spiro atoms. The summed E-state index contributed by atoms with van der Waals surface area (Å²) in [5, 5.41) is 0. The van der Waals surface area contributed by atoms with Gasteiger partial charge in [0.05, 0.1) is 5.92 Å². The number of rotatable bonds is 5. The van der Waals surface area contributed by atoms with Crippen LogP contribution in [-0.2, 0) is 4.79 Å². The van der Waals surface area contributed by atoms with Gasteiger partial charge in [0.25, 0.3) is 0 Å². The Morgan fingerprint density at radius 1 is 0.750 bits per heavy atom. The average Bonchev–Trinajstić information content (AvgIpc) is 2.98. The lowest BCUT2D eigenvalue weighted by atomic mass is 9.72. The first-order chi connectivity index (χ1) is 13.6. The first kappa shape index (κ1) is 18.1. The van der Waals surface area contributed by atoms with Crippen LogP contribution in [0.25, 0.3) is 0 Å². The predicted octanol–water partition coefficient (Wildman–Crippen LogP) is 4.76. The molecule has 0 aromatic heterocycles. The minimum absolute atomic E-state index is 0.199. The van der Waals surface area contributed by atoms with Crippen LogP contribution in [0.3, 0.4) is 0 Å². The Kier molecular flexibility index (Phi) is 4.74. The highest BCUT2D eigenvalue weighted by Gasteiger charge is 2.46. The Bertz CT molecular complexity index is 1020. The lowest BCUT2D eigenvalue weighted by Gasteiger charge is -2.28. The van der Waals surface area contributed by atoms with Gasteiger partial charge in [-0.3, -0.25) is 9.59 Å². The van der Waals surface area contributed by atoms with Crippen molar-refractivity contribution in [3.63, 3.8) is 0 Å². The number of hydrogen-bond acceptors (Lipinski definition) is 3. The lowest BCUT2D eigenvalue weighted by Crippen LogP contribution is -2.29. The molecule has 28 heavy (non-hydrogen) atoms. The second-order valence-corrected chi connectivity index (χ2v) is 7.21. The second-order valence-electron chi connectivity index (χ2n) is 7.21. The Balaban J connectivity index is 1.89. The lowest BCUT2D eigenvalue weighted by molar-refractivity contribution is -0.109. The standard InChI is InChI=1S/C25H20O3/c1-16-9-5-6-12-18(16)21(15-26)22(17-10-3-2-4-11-17)23-24(27)19-13-7-8-14-20(19)25(23)28/h2-15,21-23H,1H3/t21-,22-/m1/s1. The van der Waals surface area contributed by atoms with Gasteiger partial charge in [0, 0.05) is 23.0 Å². The van der Waals surface area contributed by atoms with Crippen LogP contribution < -0.4 is 0 Å². The third kappa shape index (κ3) is 2.89. The van der Waals surface area contributed by atoms with E-state index in [0.29, 0.717) is 11.1 Å². The van der Waals surface area contributed by atoms with Gasteiger partial charge >= 0.3 is 0 Å². The van der Waals surface area contributed by atoms with Crippen LogP contribution in [0, 0.1) is 12.8 Å². The van der Waals surface area contributed by atoms with Crippen LogP contribution in [0.4, 0.5) is 0 Å². The van der Waals surface area contributed by atoms with Gasteiger partial charge in [0.15, 0.2) is 11.6 Å². The van der Waals surface area contributed by atoms with Crippen LogP contribution in [0.15, 0.2) is 78.9 Å². The Morgan fingerprint density at radius 3 is 1.86 bits per heavy atom. The van der Waals surface area contributed by atoms with E-state index in [1.165, 1.54) is 0 Å². The van der Waals surface area contributed by atoms with E-state index >= 15 is 0 Å². The van der Waals surface area contributed by atoms with Gasteiger partial charge in [-0.05, 0) is 23.6 Å². The van der Waals surface area contributed by atoms with E-state index < -0.39 is 17.8 Å². The molecule has 1 aliphatic rings. The van der Waals surface area contributed by atoms with E-state index in [1.807, 2.05) is 61.5 Å². The van der Waals surface area contributed by atoms with Gasteiger partial charge in [0.2, 0.25) is 0 Å². The van der Waals surface area contributed by atoms with Crippen LogP contribution in [-0.4, -0.2) is 17.9 Å². The maximum Gasteiger partial charge on any atom is 0.175 e. The van der Waals surface area contributed by atoms with Crippen molar-refractivity contribution in [3.8, 4) is 0 Å². The fourth-order valence-electron chi connectivity index (χ4n) is 4.29. The van der Waals surface area contributed by atoms with Crippen LogP contribution in [0.2, 0.25) is 0 Å². The summed E-state index contributed by atoms with van der Waals surface area (Å²) < 4.78 is 0. The summed E-state index contributed by atoms with van der Waals surface area (Å²) in [5.74, 6) is -2.43. The van der Waals surface area contributed by atoms with Crippen LogP contribution in [0.1, 0.15) is 49.2 Å². The van der Waals surface area contributed by atoms with Crippen LogP contribution >= 0.6 is 0 Å². The number of benzene rings is 3. The van der Waals surface area contributed by atoms with Gasteiger partial charge in [-0.15, -0.1) is 0 Å². The van der Waals surface area contributed by atoms with Crippen molar-refractivity contribution >= 4 is 17.9 Å². The van der Waals surface area contributed by atoms with E-state index in [0.717, 1.165) is 23.0 Å². The molecule has 4 rings (SSSR count). The number of carbonyl (C=O) groups excluding carboxylic acids is 3. The van der Waals surface area contributed by atoms with Crippen molar-refractivity contribution in [1.29, 1.82) is 0 Å². The maximum atomic E-state index is 13.2. The molecular weight excluding hydrogens is 348 g/mol. The molecule has 2 atom stereocenters. The van der Waals surface area contributed by atoms with Crippen LogP contribution in [0.5, 0.6) is 0 Å². The molecule has 0 radical (unpaired) electrons. The molecule has 3 aromatic rings. The molecule has 0 N–H and O–H groups in total. The summed E-state index contributed by atoms with van der Waals surface area (Å²) in [6.07, 6.45) is 0.879. The molecule has 3 aromatic carbocycles. The zero-order valence-corrected chi connectivity index (χ0v) is 15.5. The van der Waals surface area contributed by atoms with Crippen molar-refractivity contribution in [2.24, 2.45) is 5.92 Å². The zero-order chi connectivity index (χ0) is 19.7. The summed E-state index contributed by atoms with van der Waals surface area (Å²) in [6.45, 7) is 1.95. The third-order valence-corrected chi connectivity index (χ3v) is 5.65. The molecular formula is C25H20O3. The molecule has 3 nitrogen and oxygen atoms in total. The fraction of sp³-hybridized carbons (Fsp3) is 0.160. The summed E-state index contributed by atoms with van der Waals surface area (Å²) in [7, 11) is 0. The number of hydrogen-bond donors (Lipinski definition) is 0. The summed E-state index contributed by atoms with van der Waals surface area (Å²) >= 11 is 0. The summed E-state index contributed by atoms with van der Waals surface area (Å²) in [5.41, 5.74) is 3.54. The van der Waals surface area contributed by atoms with E-state index in [1.54, 1.807) is 24.3 Å². The second kappa shape index (κ2) is 7.35. The van der Waals surface area contributed by atoms with Crippen molar-refractivity contribution in [1.82, 2.24) is 0 Å². The molecule has 0 saturated heterocycles. The molecule has 0 amide bonds. The quantitative estimate of drug-likeness (QED) is 0.482. The average molecular weight is 368 g/mol. The highest BCUT2D eigenvalue weighted by molar-refractivity contribution is 6.27. The molecule has 0 saturated carbocycles. The monoisotopic (exact) mass is 368 g/mol. The van der Waals surface area contributed by atoms with E-state index in [9.17, 15) is 14.4 Å². The summed E-state index contributed by atoms with van der Waals surface area (Å²) in [4.78, 5) is 38.7. The Morgan fingerprint density at radius 2 is 1.29 bits per heavy atom. The maximum absolute atomic E-state index is 13.2. The van der Waals surface area contributed by atoms with Crippen molar-refractivity contribution in [2.75, 3.05) is 0 Å². The molecule has 3 heteroatoms. The SMILES string of the molecule is Cc1ccccc1[C@@H](C=O)[C@@H](c1ccccc1)C1C(=O)c2ccccc2C1=O. The number of carbonyl (C=O) groups is 3. The van der Waals surface area contributed by atoms with Gasteiger partial charge in [-0.25, -0.2) is 0 Å². The van der Waals surface area contributed by atoms with Gasteiger partial charge in [-0.2, -0.15) is 0 Å². The largest absolute Gasteiger partial charge is 0.303 e. The topological polar surface area (TPSA) is 51.2 Å². The zero-order valence-electron chi connectivity index (χ0n) is 15.5. The summed E-state index contributed by atoms with van der Waals surface area (Å²) in [6, 6.07) is 24.0. The molecule has 138 valence electrons. The first-order valence-corrected chi connectivity index (χ1v) is 9.36. The van der Waals surface area contributed by atoms with Gasteiger partial charge in [-0.1, -0.05) is 78.9 Å². The smallest absolute Gasteiger partial charge is 0.175 e. The number of ketones is 2. The molecule has 0 bridgehead atoms. The molecule has 0 heterocycles. The minimum Gasteiger partial charge on any atom is -0.303 e. The van der Waals surface area contributed by atoms with Crippen molar-refractivity contribution < 1.29 is 14.4 Å². The predicted molar refractivity (Wildman–Crippen MR) is 108 cm³/mol. The first-order valence-electron chi connectivity index (χ1n) is 9.36. The van der Waals surface area contributed by atoms with Crippen molar-refractivity contribution in [3.05, 3.63) is 107 Å². The Hall–Kier alpha value is -3.33. The number of fused-ring (bicyclic) bond motifs is 1. The van der Waals surface area contributed by atoms with Crippen molar-refractivity contribution in [2.45, 2.75) is 18.8 Å². The number of aldehydes is 1. The minimum atomic E-state index is -0.894. The van der Waals surface area contributed by atoms with Gasteiger partial charge in [0.1, 0.15) is 6.29 Å². The van der Waals surface area contributed by atoms with E-state index in [4.69, 9.17) is 0 Å². The molecule has 0 fully saturated rings. The molecule has 0 aliphatic heterocycles. The number of Topliss-reactive ketones (excluding diaryl/α,β-unsaturated/α-hetero) is 2. The highest BCUT2D eigenvalue weighted by atomic mass is 16.2. The van der Waals surface area contributed by atoms with Gasteiger partial charge < -0.3 is 4.79 Å². The normalized spacial score (nSPS) is 15.9. The Labute approximate surface area is 164 Å². The fourth-order valence-corrected chi connectivity index (χ4v) is 4.29. The molecule has 0 unspecified atom stereocenters. The highest BCUT2D eigenvalue weighted by Crippen LogP contribution is 2.44. The molecule has 1 aliphatic carbocycles. The van der Waals surface area contributed by atoms with E-state index in [-0.39, 0.29) is 11.6 Å². The third-order valence-electron chi connectivity index (χ3n) is 5.65. The van der Waals surface area contributed by atoms with E-state index in [2.05, 4.69) is 0 Å².